The van der Waals surface area contributed by atoms with Gasteiger partial charge in [0.2, 0.25) is 0 Å². The van der Waals surface area contributed by atoms with Crippen LogP contribution in [0.1, 0.15) is 39.6 Å². The quantitative estimate of drug-likeness (QED) is 0.589. The minimum absolute atomic E-state index is 0.277. The van der Waals surface area contributed by atoms with E-state index in [0.29, 0.717) is 23.7 Å². The van der Waals surface area contributed by atoms with E-state index in [1.165, 1.54) is 13.2 Å². The number of hydrogen-bond acceptors (Lipinski definition) is 5. The van der Waals surface area contributed by atoms with Crippen molar-refractivity contribution < 1.29 is 23.9 Å². The van der Waals surface area contributed by atoms with Crippen molar-refractivity contribution >= 4 is 17.7 Å². The maximum Gasteiger partial charge on any atom is 0.269 e. The fraction of sp³-hybridized carbons (Fsp3) is 0.286. The highest BCUT2D eigenvalue weighted by Gasteiger charge is 2.13. The van der Waals surface area contributed by atoms with E-state index < -0.39 is 11.8 Å². The van der Waals surface area contributed by atoms with Crippen molar-refractivity contribution in [1.29, 1.82) is 0 Å². The van der Waals surface area contributed by atoms with E-state index in [4.69, 9.17) is 9.47 Å². The Hall–Kier alpha value is -3.55. The summed E-state index contributed by atoms with van der Waals surface area (Å²) in [5.74, 6) is -0.493. The molecule has 0 saturated heterocycles. The SMILES string of the molecule is CCCOc1ccc(C(=O)NNC(=O)CNC(=O)c2ccccc2C)cc1OC. The maximum atomic E-state index is 12.2. The number of carbonyl (C=O) groups excluding carboxylic acids is 3. The van der Waals surface area contributed by atoms with Gasteiger partial charge in [-0.25, -0.2) is 0 Å². The Kier molecular flexibility index (Phi) is 8.02. The third kappa shape index (κ3) is 6.24. The number of hydrazine groups is 1. The molecule has 0 heterocycles. The van der Waals surface area contributed by atoms with Crippen LogP contribution in [-0.4, -0.2) is 38.0 Å². The highest BCUT2D eigenvalue weighted by atomic mass is 16.5. The molecule has 3 N–H and O–H groups in total. The molecule has 0 atom stereocenters. The smallest absolute Gasteiger partial charge is 0.269 e. The van der Waals surface area contributed by atoms with Crippen LogP contribution in [0, 0.1) is 6.92 Å². The molecule has 8 heteroatoms. The first kappa shape index (κ1) is 21.7. The molecule has 0 unspecified atom stereocenters. The van der Waals surface area contributed by atoms with Crippen molar-refractivity contribution in [2.75, 3.05) is 20.3 Å². The van der Waals surface area contributed by atoms with Gasteiger partial charge in [0.1, 0.15) is 0 Å². The first-order valence-electron chi connectivity index (χ1n) is 9.20. The summed E-state index contributed by atoms with van der Waals surface area (Å²) in [6, 6.07) is 11.8. The van der Waals surface area contributed by atoms with Crippen LogP contribution < -0.4 is 25.6 Å². The zero-order chi connectivity index (χ0) is 21.2. The molecule has 0 radical (unpaired) electrons. The predicted molar refractivity (Wildman–Crippen MR) is 108 cm³/mol. The minimum Gasteiger partial charge on any atom is -0.493 e. The molecule has 0 aliphatic rings. The van der Waals surface area contributed by atoms with Crippen molar-refractivity contribution in [3.63, 3.8) is 0 Å². The Morgan fingerprint density at radius 2 is 1.72 bits per heavy atom. The van der Waals surface area contributed by atoms with Crippen molar-refractivity contribution in [2.45, 2.75) is 20.3 Å². The van der Waals surface area contributed by atoms with Crippen LogP contribution in [0.2, 0.25) is 0 Å². The second kappa shape index (κ2) is 10.7. The summed E-state index contributed by atoms with van der Waals surface area (Å²) in [6.45, 7) is 4.05. The molecule has 0 bridgehead atoms. The summed E-state index contributed by atoms with van der Waals surface area (Å²) in [5, 5.41) is 2.51. The van der Waals surface area contributed by atoms with Crippen molar-refractivity contribution in [1.82, 2.24) is 16.2 Å². The Morgan fingerprint density at radius 3 is 2.41 bits per heavy atom. The van der Waals surface area contributed by atoms with E-state index in [1.54, 1.807) is 24.3 Å². The molecular weight excluding hydrogens is 374 g/mol. The summed E-state index contributed by atoms with van der Waals surface area (Å²) >= 11 is 0. The zero-order valence-electron chi connectivity index (χ0n) is 16.7. The number of aryl methyl sites for hydroxylation is 1. The number of benzene rings is 2. The number of hydrogen-bond donors (Lipinski definition) is 3. The molecule has 0 aromatic heterocycles. The van der Waals surface area contributed by atoms with E-state index in [9.17, 15) is 14.4 Å². The summed E-state index contributed by atoms with van der Waals surface area (Å²) < 4.78 is 10.8. The van der Waals surface area contributed by atoms with Crippen LogP contribution in [0.15, 0.2) is 42.5 Å². The van der Waals surface area contributed by atoms with Gasteiger partial charge >= 0.3 is 0 Å². The lowest BCUT2D eigenvalue weighted by Crippen LogP contribution is -2.46. The Bertz CT molecular complexity index is 882. The van der Waals surface area contributed by atoms with E-state index in [2.05, 4.69) is 16.2 Å². The van der Waals surface area contributed by atoms with Gasteiger partial charge in [0.15, 0.2) is 11.5 Å². The molecule has 0 spiro atoms. The molecule has 0 aliphatic carbocycles. The molecule has 29 heavy (non-hydrogen) atoms. The van der Waals surface area contributed by atoms with Crippen LogP contribution >= 0.6 is 0 Å². The van der Waals surface area contributed by atoms with Gasteiger partial charge in [-0.3, -0.25) is 25.2 Å². The molecule has 2 rings (SSSR count). The number of carbonyl (C=O) groups is 3. The number of methoxy groups -OCH3 is 1. The third-order valence-corrected chi connectivity index (χ3v) is 4.00. The summed E-state index contributed by atoms with van der Waals surface area (Å²) in [5.41, 5.74) is 6.14. The average molecular weight is 399 g/mol. The number of rotatable bonds is 8. The lowest BCUT2D eigenvalue weighted by molar-refractivity contribution is -0.120. The standard InChI is InChI=1S/C21H25N3O5/c1-4-11-29-17-10-9-15(12-18(17)28-3)20(26)24-23-19(25)13-22-21(27)16-8-6-5-7-14(16)2/h5-10,12H,4,11,13H2,1-3H3,(H,22,27)(H,23,25)(H,24,26). The Balaban J connectivity index is 1.86. The van der Waals surface area contributed by atoms with Crippen LogP contribution in [0.25, 0.3) is 0 Å². The lowest BCUT2D eigenvalue weighted by atomic mass is 10.1. The third-order valence-electron chi connectivity index (χ3n) is 4.00. The summed E-state index contributed by atoms with van der Waals surface area (Å²) in [7, 11) is 1.48. The first-order chi connectivity index (χ1) is 14.0. The molecule has 2 aromatic carbocycles. The van der Waals surface area contributed by atoms with Crippen molar-refractivity contribution in [3.05, 3.63) is 59.2 Å². The average Bonchev–Trinajstić information content (AvgIpc) is 2.74. The zero-order valence-corrected chi connectivity index (χ0v) is 16.7. The van der Waals surface area contributed by atoms with E-state index in [-0.39, 0.29) is 18.0 Å². The van der Waals surface area contributed by atoms with Gasteiger partial charge in [0.25, 0.3) is 17.7 Å². The maximum absolute atomic E-state index is 12.2. The fourth-order valence-corrected chi connectivity index (χ4v) is 2.47. The minimum atomic E-state index is -0.560. The fourth-order valence-electron chi connectivity index (χ4n) is 2.47. The van der Waals surface area contributed by atoms with Crippen LogP contribution in [0.3, 0.4) is 0 Å². The van der Waals surface area contributed by atoms with Gasteiger partial charge in [0, 0.05) is 11.1 Å². The summed E-state index contributed by atoms with van der Waals surface area (Å²) in [6.07, 6.45) is 0.845. The number of ether oxygens (including phenoxy) is 2. The Morgan fingerprint density at radius 1 is 0.966 bits per heavy atom. The van der Waals surface area contributed by atoms with Gasteiger partial charge < -0.3 is 14.8 Å². The van der Waals surface area contributed by atoms with E-state index >= 15 is 0 Å². The highest BCUT2D eigenvalue weighted by Crippen LogP contribution is 2.28. The van der Waals surface area contributed by atoms with Gasteiger partial charge in [0.05, 0.1) is 20.3 Å². The molecule has 154 valence electrons. The Labute approximate surface area is 169 Å². The number of amides is 3. The van der Waals surface area contributed by atoms with Crippen molar-refractivity contribution in [3.8, 4) is 11.5 Å². The van der Waals surface area contributed by atoms with Crippen LogP contribution in [0.5, 0.6) is 11.5 Å². The molecule has 0 aliphatic heterocycles. The molecule has 0 saturated carbocycles. The predicted octanol–water partition coefficient (Wildman–Crippen LogP) is 1.98. The second-order valence-corrected chi connectivity index (χ2v) is 6.21. The topological polar surface area (TPSA) is 106 Å². The summed E-state index contributed by atoms with van der Waals surface area (Å²) in [4.78, 5) is 36.2. The van der Waals surface area contributed by atoms with E-state index in [1.807, 2.05) is 26.0 Å². The lowest BCUT2D eigenvalue weighted by Gasteiger charge is -2.12. The largest absolute Gasteiger partial charge is 0.493 e. The van der Waals surface area contributed by atoms with Gasteiger partial charge in [-0.05, 0) is 43.2 Å². The first-order valence-corrected chi connectivity index (χ1v) is 9.20. The monoisotopic (exact) mass is 399 g/mol. The van der Waals surface area contributed by atoms with Crippen LogP contribution in [-0.2, 0) is 4.79 Å². The van der Waals surface area contributed by atoms with Gasteiger partial charge in [-0.2, -0.15) is 0 Å². The molecule has 0 fully saturated rings. The molecule has 2 aromatic rings. The molecule has 8 nitrogen and oxygen atoms in total. The van der Waals surface area contributed by atoms with Crippen molar-refractivity contribution in [2.24, 2.45) is 0 Å². The molecule has 3 amide bonds. The highest BCUT2D eigenvalue weighted by molar-refractivity contribution is 5.99. The van der Waals surface area contributed by atoms with Crippen LogP contribution in [0.4, 0.5) is 0 Å². The van der Waals surface area contributed by atoms with E-state index in [0.717, 1.165) is 12.0 Å². The van der Waals surface area contributed by atoms with Gasteiger partial charge in [-0.15, -0.1) is 0 Å². The number of nitrogens with one attached hydrogen (secondary N) is 3. The second-order valence-electron chi connectivity index (χ2n) is 6.21. The normalized spacial score (nSPS) is 10.0. The molecular formula is C21H25N3O5. The van der Waals surface area contributed by atoms with Gasteiger partial charge in [-0.1, -0.05) is 25.1 Å².